The number of benzene rings is 2. The summed E-state index contributed by atoms with van der Waals surface area (Å²) in [6.45, 7) is 0.779. The summed E-state index contributed by atoms with van der Waals surface area (Å²) >= 11 is 0. The molecule has 0 atom stereocenters. The van der Waals surface area contributed by atoms with Crippen LogP contribution in [-0.2, 0) is 11.2 Å². The Morgan fingerprint density at radius 2 is 2.00 bits per heavy atom. The summed E-state index contributed by atoms with van der Waals surface area (Å²) in [4.78, 5) is 11.7. The highest BCUT2D eigenvalue weighted by Gasteiger charge is 2.03. The third kappa shape index (κ3) is 5.06. The molecule has 2 aromatic rings. The molecule has 2 aromatic carbocycles. The molecule has 0 bridgehead atoms. The van der Waals surface area contributed by atoms with Crippen LogP contribution >= 0.6 is 0 Å². The van der Waals surface area contributed by atoms with Crippen LogP contribution in [0, 0.1) is 0 Å². The molecule has 2 rings (SSSR count). The molecule has 5 heteroatoms. The molecule has 110 valence electrons. The van der Waals surface area contributed by atoms with E-state index in [0.29, 0.717) is 24.6 Å². The number of aromatic hydroxyl groups is 1. The molecule has 0 aliphatic heterocycles. The van der Waals surface area contributed by atoms with Gasteiger partial charge in [0.2, 0.25) is 5.91 Å². The van der Waals surface area contributed by atoms with E-state index in [1.807, 2.05) is 12.1 Å². The molecular weight excluding hydrogens is 268 g/mol. The zero-order valence-electron chi connectivity index (χ0n) is 11.6. The molecule has 0 aliphatic carbocycles. The maximum atomic E-state index is 11.7. The first-order chi connectivity index (χ1) is 10.1. The molecule has 5 nitrogen and oxygen atoms in total. The highest BCUT2D eigenvalue weighted by Crippen LogP contribution is 2.14. The van der Waals surface area contributed by atoms with Gasteiger partial charge in [0.25, 0.3) is 0 Å². The normalized spacial score (nSPS) is 10.1. The van der Waals surface area contributed by atoms with E-state index < -0.39 is 0 Å². The minimum absolute atomic E-state index is 0.114. The summed E-state index contributed by atoms with van der Waals surface area (Å²) in [5.41, 5.74) is 7.05. The van der Waals surface area contributed by atoms with Gasteiger partial charge < -0.3 is 20.9 Å². The van der Waals surface area contributed by atoms with E-state index in [9.17, 15) is 9.90 Å². The molecule has 0 unspecified atom stereocenters. The molecule has 0 radical (unpaired) electrons. The third-order valence-corrected chi connectivity index (χ3v) is 2.83. The van der Waals surface area contributed by atoms with Crippen molar-refractivity contribution in [2.45, 2.75) is 6.42 Å². The average Bonchev–Trinajstić information content (AvgIpc) is 2.44. The number of phenolic OH excluding ortho intramolecular Hbond substituents is 1. The van der Waals surface area contributed by atoms with Gasteiger partial charge in [-0.2, -0.15) is 0 Å². The van der Waals surface area contributed by atoms with Gasteiger partial charge in [-0.15, -0.1) is 0 Å². The van der Waals surface area contributed by atoms with E-state index in [4.69, 9.17) is 10.5 Å². The molecule has 21 heavy (non-hydrogen) atoms. The molecule has 0 heterocycles. The van der Waals surface area contributed by atoms with Gasteiger partial charge in [0.15, 0.2) is 0 Å². The number of ether oxygens (including phenoxy) is 1. The fourth-order valence-corrected chi connectivity index (χ4v) is 1.88. The van der Waals surface area contributed by atoms with Crippen molar-refractivity contribution >= 4 is 11.6 Å². The quantitative estimate of drug-likeness (QED) is 0.557. The zero-order valence-corrected chi connectivity index (χ0v) is 11.6. The number of nitrogen functional groups attached to an aromatic ring is 1. The topological polar surface area (TPSA) is 84.6 Å². The van der Waals surface area contributed by atoms with Crippen LogP contribution in [0.15, 0.2) is 48.5 Å². The van der Waals surface area contributed by atoms with Crippen LogP contribution in [0.2, 0.25) is 0 Å². The lowest BCUT2D eigenvalue weighted by atomic mass is 10.1. The summed E-state index contributed by atoms with van der Waals surface area (Å²) in [6, 6.07) is 13.8. The lowest BCUT2D eigenvalue weighted by Crippen LogP contribution is -2.29. The average molecular weight is 286 g/mol. The first kappa shape index (κ1) is 14.7. The monoisotopic (exact) mass is 286 g/mol. The Morgan fingerprint density at radius 3 is 2.76 bits per heavy atom. The molecule has 4 N–H and O–H groups in total. The van der Waals surface area contributed by atoms with Crippen molar-refractivity contribution in [1.29, 1.82) is 0 Å². The van der Waals surface area contributed by atoms with Gasteiger partial charge in [-0.3, -0.25) is 4.79 Å². The van der Waals surface area contributed by atoms with Crippen LogP contribution < -0.4 is 15.8 Å². The van der Waals surface area contributed by atoms with Crippen molar-refractivity contribution < 1.29 is 14.6 Å². The van der Waals surface area contributed by atoms with Crippen molar-refractivity contribution in [3.63, 3.8) is 0 Å². The third-order valence-electron chi connectivity index (χ3n) is 2.83. The maximum absolute atomic E-state index is 11.7. The molecule has 0 saturated heterocycles. The second kappa shape index (κ2) is 7.19. The van der Waals surface area contributed by atoms with Crippen molar-refractivity contribution in [2.24, 2.45) is 0 Å². The van der Waals surface area contributed by atoms with Gasteiger partial charge in [0.05, 0.1) is 13.0 Å². The van der Waals surface area contributed by atoms with Gasteiger partial charge >= 0.3 is 0 Å². The lowest BCUT2D eigenvalue weighted by molar-refractivity contribution is -0.120. The number of carbonyl (C=O) groups excluding carboxylic acids is 1. The minimum atomic E-state index is -0.114. The predicted molar refractivity (Wildman–Crippen MR) is 81.2 cm³/mol. The van der Waals surface area contributed by atoms with Crippen molar-refractivity contribution in [1.82, 2.24) is 5.32 Å². The second-order valence-electron chi connectivity index (χ2n) is 4.62. The van der Waals surface area contributed by atoms with E-state index >= 15 is 0 Å². The van der Waals surface area contributed by atoms with Crippen molar-refractivity contribution in [3.8, 4) is 11.5 Å². The van der Waals surface area contributed by atoms with Crippen LogP contribution in [0.25, 0.3) is 0 Å². The minimum Gasteiger partial charge on any atom is -0.508 e. The number of carbonyl (C=O) groups is 1. The number of anilines is 1. The van der Waals surface area contributed by atoms with Gasteiger partial charge in [-0.25, -0.2) is 0 Å². The highest BCUT2D eigenvalue weighted by molar-refractivity contribution is 5.78. The summed E-state index contributed by atoms with van der Waals surface area (Å²) in [5, 5.41) is 12.1. The molecule has 1 amide bonds. The number of rotatable bonds is 6. The first-order valence-electron chi connectivity index (χ1n) is 6.66. The number of hydrogen-bond donors (Lipinski definition) is 3. The predicted octanol–water partition coefficient (Wildman–Crippen LogP) is 1.71. The molecule has 0 fully saturated rings. The number of nitrogens with two attached hydrogens (primary N) is 1. The SMILES string of the molecule is Nc1cccc(OCCNC(=O)Cc2cccc(O)c2)c1. The molecular formula is C16H18N2O3. The van der Waals surface area contributed by atoms with E-state index in [2.05, 4.69) is 5.32 Å². The molecule has 0 spiro atoms. The van der Waals surface area contributed by atoms with Crippen LogP contribution in [0.3, 0.4) is 0 Å². The largest absolute Gasteiger partial charge is 0.508 e. The number of hydrogen-bond acceptors (Lipinski definition) is 4. The zero-order chi connectivity index (χ0) is 15.1. The van der Waals surface area contributed by atoms with E-state index in [1.165, 1.54) is 0 Å². The number of amides is 1. The van der Waals surface area contributed by atoms with Crippen LogP contribution in [0.1, 0.15) is 5.56 Å². The Hall–Kier alpha value is -2.69. The number of phenols is 1. The highest BCUT2D eigenvalue weighted by atomic mass is 16.5. The summed E-state index contributed by atoms with van der Waals surface area (Å²) in [7, 11) is 0. The summed E-state index contributed by atoms with van der Waals surface area (Å²) in [6.07, 6.45) is 0.229. The Balaban J connectivity index is 1.70. The van der Waals surface area contributed by atoms with E-state index in [-0.39, 0.29) is 18.1 Å². The Morgan fingerprint density at radius 1 is 1.19 bits per heavy atom. The van der Waals surface area contributed by atoms with Crippen LogP contribution in [0.5, 0.6) is 11.5 Å². The van der Waals surface area contributed by atoms with E-state index in [1.54, 1.807) is 36.4 Å². The first-order valence-corrected chi connectivity index (χ1v) is 6.66. The summed E-state index contributed by atoms with van der Waals surface area (Å²) < 4.78 is 5.47. The Bertz CT molecular complexity index is 614. The second-order valence-corrected chi connectivity index (χ2v) is 4.62. The van der Waals surface area contributed by atoms with Crippen molar-refractivity contribution in [2.75, 3.05) is 18.9 Å². The van der Waals surface area contributed by atoms with Gasteiger partial charge in [-0.05, 0) is 29.8 Å². The lowest BCUT2D eigenvalue weighted by Gasteiger charge is -2.08. The van der Waals surface area contributed by atoms with Crippen LogP contribution in [-0.4, -0.2) is 24.2 Å². The summed E-state index contributed by atoms with van der Waals surface area (Å²) in [5.74, 6) is 0.722. The Kier molecular flexibility index (Phi) is 5.04. The molecule has 0 aromatic heterocycles. The van der Waals surface area contributed by atoms with Gasteiger partial charge in [0, 0.05) is 11.8 Å². The smallest absolute Gasteiger partial charge is 0.224 e. The van der Waals surface area contributed by atoms with E-state index in [0.717, 1.165) is 5.56 Å². The van der Waals surface area contributed by atoms with Gasteiger partial charge in [0.1, 0.15) is 18.1 Å². The number of nitrogens with one attached hydrogen (secondary N) is 1. The standard InChI is InChI=1S/C16H18N2O3/c17-13-4-2-6-15(11-13)21-8-7-18-16(20)10-12-3-1-5-14(19)9-12/h1-6,9,11,19H,7-8,10,17H2,(H,18,20). The maximum Gasteiger partial charge on any atom is 0.224 e. The fourth-order valence-electron chi connectivity index (χ4n) is 1.88. The molecule has 0 aliphatic rings. The Labute approximate surface area is 123 Å². The molecule has 0 saturated carbocycles. The van der Waals surface area contributed by atoms with Crippen molar-refractivity contribution in [3.05, 3.63) is 54.1 Å². The fraction of sp³-hybridized carbons (Fsp3) is 0.188. The van der Waals surface area contributed by atoms with Crippen LogP contribution in [0.4, 0.5) is 5.69 Å². The van der Waals surface area contributed by atoms with Gasteiger partial charge in [-0.1, -0.05) is 18.2 Å².